The van der Waals surface area contributed by atoms with E-state index in [1.165, 1.54) is 43.6 Å². The summed E-state index contributed by atoms with van der Waals surface area (Å²) in [6.45, 7) is 1.40. The van der Waals surface area contributed by atoms with Gasteiger partial charge in [-0.1, -0.05) is 12.8 Å². The molecule has 1 heterocycles. The van der Waals surface area contributed by atoms with Gasteiger partial charge in [-0.25, -0.2) is 0 Å². The molecule has 0 spiro atoms. The van der Waals surface area contributed by atoms with Crippen LogP contribution in [0.15, 0.2) is 0 Å². The van der Waals surface area contributed by atoms with Crippen molar-refractivity contribution >= 4 is 11.8 Å². The maximum atomic E-state index is 9.41. The summed E-state index contributed by atoms with van der Waals surface area (Å²) in [6.07, 6.45) is 6.78. The first-order valence-electron chi connectivity index (χ1n) is 6.32. The van der Waals surface area contributed by atoms with Crippen molar-refractivity contribution in [2.75, 3.05) is 24.7 Å². The zero-order valence-corrected chi connectivity index (χ0v) is 10.3. The third-order valence-corrected chi connectivity index (χ3v) is 5.08. The van der Waals surface area contributed by atoms with Gasteiger partial charge in [0.15, 0.2) is 0 Å². The van der Waals surface area contributed by atoms with Gasteiger partial charge in [0.2, 0.25) is 0 Å². The SMILES string of the molecule is OCC(CNC1CCCC1)C1CCSC1. The molecule has 1 saturated heterocycles. The van der Waals surface area contributed by atoms with Gasteiger partial charge in [0.05, 0.1) is 0 Å². The molecule has 2 nitrogen and oxygen atoms in total. The number of hydrogen-bond donors (Lipinski definition) is 2. The number of aliphatic hydroxyl groups excluding tert-OH is 1. The molecule has 1 aliphatic carbocycles. The summed E-state index contributed by atoms with van der Waals surface area (Å²) in [5.41, 5.74) is 0. The lowest BCUT2D eigenvalue weighted by molar-refractivity contribution is 0.178. The van der Waals surface area contributed by atoms with Gasteiger partial charge < -0.3 is 10.4 Å². The van der Waals surface area contributed by atoms with E-state index in [1.807, 2.05) is 11.8 Å². The molecule has 0 radical (unpaired) electrons. The minimum absolute atomic E-state index is 0.366. The highest BCUT2D eigenvalue weighted by Crippen LogP contribution is 2.29. The fourth-order valence-corrected chi connectivity index (χ4v) is 4.13. The molecule has 2 atom stereocenters. The second-order valence-corrected chi connectivity index (χ2v) is 6.11. The van der Waals surface area contributed by atoms with Gasteiger partial charge in [0, 0.05) is 19.2 Å². The number of rotatable bonds is 5. The zero-order valence-electron chi connectivity index (χ0n) is 9.45. The second-order valence-electron chi connectivity index (χ2n) is 4.96. The van der Waals surface area contributed by atoms with Crippen LogP contribution in [0.2, 0.25) is 0 Å². The Kier molecular flexibility index (Phi) is 4.79. The average molecular weight is 229 g/mol. The third-order valence-electron chi connectivity index (χ3n) is 3.89. The molecule has 1 saturated carbocycles. The Morgan fingerprint density at radius 2 is 2.07 bits per heavy atom. The van der Waals surface area contributed by atoms with E-state index in [0.29, 0.717) is 12.5 Å². The van der Waals surface area contributed by atoms with Gasteiger partial charge >= 0.3 is 0 Å². The van der Waals surface area contributed by atoms with Gasteiger partial charge in [-0.2, -0.15) is 11.8 Å². The van der Waals surface area contributed by atoms with Crippen LogP contribution in [0.1, 0.15) is 32.1 Å². The second kappa shape index (κ2) is 6.12. The third kappa shape index (κ3) is 3.36. The Balaban J connectivity index is 1.69. The number of nitrogens with one attached hydrogen (secondary N) is 1. The van der Waals surface area contributed by atoms with Crippen LogP contribution in [0.5, 0.6) is 0 Å². The highest BCUT2D eigenvalue weighted by atomic mass is 32.2. The van der Waals surface area contributed by atoms with Gasteiger partial charge in [-0.05, 0) is 42.6 Å². The van der Waals surface area contributed by atoms with E-state index in [-0.39, 0.29) is 0 Å². The van der Waals surface area contributed by atoms with Crippen molar-refractivity contribution in [3.8, 4) is 0 Å². The maximum Gasteiger partial charge on any atom is 0.0474 e. The Morgan fingerprint density at radius 1 is 1.27 bits per heavy atom. The lowest BCUT2D eigenvalue weighted by Gasteiger charge is -2.23. The van der Waals surface area contributed by atoms with Crippen LogP contribution in [0.25, 0.3) is 0 Å². The molecule has 2 fully saturated rings. The van der Waals surface area contributed by atoms with E-state index in [9.17, 15) is 5.11 Å². The molecule has 1 aliphatic heterocycles. The smallest absolute Gasteiger partial charge is 0.0474 e. The molecular weight excluding hydrogens is 206 g/mol. The van der Waals surface area contributed by atoms with E-state index in [2.05, 4.69) is 5.32 Å². The largest absolute Gasteiger partial charge is 0.396 e. The quantitative estimate of drug-likeness (QED) is 0.755. The Bertz CT molecular complexity index is 176. The van der Waals surface area contributed by atoms with E-state index >= 15 is 0 Å². The van der Waals surface area contributed by atoms with Crippen LogP contribution in [0.4, 0.5) is 0 Å². The van der Waals surface area contributed by atoms with Crippen molar-refractivity contribution in [1.82, 2.24) is 5.32 Å². The summed E-state index contributed by atoms with van der Waals surface area (Å²) in [5.74, 6) is 3.82. The fourth-order valence-electron chi connectivity index (χ4n) is 2.75. The molecular formula is C12H23NOS. The normalized spacial score (nSPS) is 29.8. The van der Waals surface area contributed by atoms with Crippen LogP contribution >= 0.6 is 11.8 Å². The van der Waals surface area contributed by atoms with Crippen LogP contribution in [0, 0.1) is 11.8 Å². The topological polar surface area (TPSA) is 32.3 Å². The van der Waals surface area contributed by atoms with Crippen LogP contribution in [-0.4, -0.2) is 35.8 Å². The molecule has 0 amide bonds. The predicted octanol–water partition coefficient (Wildman–Crippen LogP) is 1.88. The molecule has 2 aliphatic rings. The first kappa shape index (κ1) is 11.7. The molecule has 3 heteroatoms. The molecule has 2 N–H and O–H groups in total. The van der Waals surface area contributed by atoms with E-state index in [1.54, 1.807) is 0 Å². The van der Waals surface area contributed by atoms with E-state index < -0.39 is 0 Å². The van der Waals surface area contributed by atoms with Crippen molar-refractivity contribution in [1.29, 1.82) is 0 Å². The fraction of sp³-hybridized carbons (Fsp3) is 1.00. The van der Waals surface area contributed by atoms with Crippen molar-refractivity contribution in [3.63, 3.8) is 0 Å². The predicted molar refractivity (Wildman–Crippen MR) is 66.3 cm³/mol. The summed E-state index contributed by atoms with van der Waals surface area (Å²) in [7, 11) is 0. The first-order chi connectivity index (χ1) is 7.40. The summed E-state index contributed by atoms with van der Waals surface area (Å²) in [5, 5.41) is 13.1. The van der Waals surface area contributed by atoms with Gasteiger partial charge in [0.25, 0.3) is 0 Å². The zero-order chi connectivity index (χ0) is 10.5. The molecule has 2 unspecified atom stereocenters. The van der Waals surface area contributed by atoms with Crippen molar-refractivity contribution in [3.05, 3.63) is 0 Å². The Morgan fingerprint density at radius 3 is 2.67 bits per heavy atom. The lowest BCUT2D eigenvalue weighted by Crippen LogP contribution is -2.36. The molecule has 0 bridgehead atoms. The molecule has 0 aromatic heterocycles. The molecule has 2 rings (SSSR count). The monoisotopic (exact) mass is 229 g/mol. The van der Waals surface area contributed by atoms with Crippen LogP contribution in [-0.2, 0) is 0 Å². The lowest BCUT2D eigenvalue weighted by atomic mass is 9.92. The average Bonchev–Trinajstić information content (AvgIpc) is 2.90. The minimum atomic E-state index is 0.366. The molecule has 0 aromatic rings. The van der Waals surface area contributed by atoms with Gasteiger partial charge in [-0.3, -0.25) is 0 Å². The number of aliphatic hydroxyl groups is 1. The van der Waals surface area contributed by atoms with Crippen molar-refractivity contribution < 1.29 is 5.11 Å². The highest BCUT2D eigenvalue weighted by molar-refractivity contribution is 7.99. The molecule has 88 valence electrons. The Labute approximate surface area is 97.2 Å². The molecule has 15 heavy (non-hydrogen) atoms. The standard InChI is InChI=1S/C12H23NOS/c14-8-11(10-5-6-15-9-10)7-13-12-3-1-2-4-12/h10-14H,1-9H2. The van der Waals surface area contributed by atoms with Gasteiger partial charge in [-0.15, -0.1) is 0 Å². The van der Waals surface area contributed by atoms with E-state index in [4.69, 9.17) is 0 Å². The summed E-state index contributed by atoms with van der Waals surface area (Å²) in [4.78, 5) is 0. The van der Waals surface area contributed by atoms with Crippen LogP contribution in [0.3, 0.4) is 0 Å². The van der Waals surface area contributed by atoms with Crippen molar-refractivity contribution in [2.24, 2.45) is 11.8 Å². The number of thioether (sulfide) groups is 1. The highest BCUT2D eigenvalue weighted by Gasteiger charge is 2.25. The summed E-state index contributed by atoms with van der Waals surface area (Å²) >= 11 is 2.05. The van der Waals surface area contributed by atoms with Gasteiger partial charge in [0.1, 0.15) is 0 Å². The number of hydrogen-bond acceptors (Lipinski definition) is 3. The van der Waals surface area contributed by atoms with Crippen molar-refractivity contribution in [2.45, 2.75) is 38.1 Å². The maximum absolute atomic E-state index is 9.41. The first-order valence-corrected chi connectivity index (χ1v) is 7.47. The van der Waals surface area contributed by atoms with Crippen LogP contribution < -0.4 is 5.32 Å². The van der Waals surface area contributed by atoms with E-state index in [0.717, 1.165) is 18.5 Å². The Hall–Kier alpha value is 0.270. The minimum Gasteiger partial charge on any atom is -0.396 e. The summed E-state index contributed by atoms with van der Waals surface area (Å²) < 4.78 is 0. The summed E-state index contributed by atoms with van der Waals surface area (Å²) in [6, 6.07) is 0.744. The molecule has 0 aromatic carbocycles.